The molecule has 0 radical (unpaired) electrons. The summed E-state index contributed by atoms with van der Waals surface area (Å²) in [7, 11) is 1.63. The molecule has 0 saturated heterocycles. The van der Waals surface area contributed by atoms with Crippen molar-refractivity contribution in [2.24, 2.45) is 5.41 Å². The van der Waals surface area contributed by atoms with Gasteiger partial charge in [0.25, 0.3) is 0 Å². The minimum Gasteiger partial charge on any atom is -0.496 e. The number of nitrogens with one attached hydrogen (secondary N) is 2. The van der Waals surface area contributed by atoms with Crippen LogP contribution in [-0.4, -0.2) is 23.9 Å². The van der Waals surface area contributed by atoms with Crippen molar-refractivity contribution in [2.75, 3.05) is 17.7 Å². The molecule has 3 aromatic carbocycles. The van der Waals surface area contributed by atoms with E-state index >= 15 is 0 Å². The van der Waals surface area contributed by atoms with Gasteiger partial charge in [-0.05, 0) is 41.3 Å². The second kappa shape index (κ2) is 12.3. The molecule has 0 aliphatic carbocycles. The highest BCUT2D eigenvalue weighted by atomic mass is 32.2. The number of carbonyl (C=O) groups excluding carboxylic acids is 2. The summed E-state index contributed by atoms with van der Waals surface area (Å²) < 4.78 is 5.46. The molecule has 1 unspecified atom stereocenters. The molecule has 0 saturated carbocycles. The van der Waals surface area contributed by atoms with Crippen molar-refractivity contribution in [3.05, 3.63) is 89.8 Å². The van der Waals surface area contributed by atoms with Gasteiger partial charge in [-0.1, -0.05) is 69.3 Å². The molecule has 1 heterocycles. The van der Waals surface area contributed by atoms with Gasteiger partial charge in [-0.2, -0.15) is 0 Å². The predicted molar refractivity (Wildman–Crippen MR) is 157 cm³/mol. The maximum atomic E-state index is 13.5. The molecule has 0 bridgehead atoms. The number of ether oxygens (including phenoxy) is 1. The fourth-order valence-electron chi connectivity index (χ4n) is 3.85. The first-order chi connectivity index (χ1) is 18.2. The molecule has 2 N–H and O–H groups in total. The van der Waals surface area contributed by atoms with Crippen LogP contribution in [0.3, 0.4) is 0 Å². The number of carbonyl (C=O) groups is 2. The number of nitrogens with zero attached hydrogens (tertiary/aromatic N) is 1. The molecule has 196 valence electrons. The number of benzene rings is 3. The Kier molecular flexibility index (Phi) is 8.86. The summed E-state index contributed by atoms with van der Waals surface area (Å²) >= 11 is 2.80. The third-order valence-corrected chi connectivity index (χ3v) is 7.53. The largest absolute Gasteiger partial charge is 0.496 e. The highest BCUT2D eigenvalue weighted by Crippen LogP contribution is 2.38. The van der Waals surface area contributed by atoms with E-state index in [-0.39, 0.29) is 17.2 Å². The third-order valence-electron chi connectivity index (χ3n) is 5.52. The molecule has 1 atom stereocenters. The number of rotatable bonds is 9. The van der Waals surface area contributed by atoms with Crippen LogP contribution in [0.4, 0.5) is 10.8 Å². The Hall–Kier alpha value is -3.62. The van der Waals surface area contributed by atoms with Crippen LogP contribution in [0.1, 0.15) is 38.0 Å². The summed E-state index contributed by atoms with van der Waals surface area (Å²) in [6.45, 7) is 6.09. The van der Waals surface area contributed by atoms with Crippen LogP contribution < -0.4 is 15.4 Å². The standard InChI is InChI=1S/C30H31N3O3S2/c1-30(2,3)18-26(34)31-21-13-10-14-22(17-21)38-27(20-11-6-5-7-12-20)28(35)33-29-32-24(19-37-29)23-15-8-9-16-25(23)36-4/h5-17,19,27H,18H2,1-4H3,(H,31,34)(H,32,33,35). The molecule has 2 amide bonds. The Bertz CT molecular complexity index is 1400. The lowest BCUT2D eigenvalue weighted by molar-refractivity contribution is -0.118. The third kappa shape index (κ3) is 7.46. The first kappa shape index (κ1) is 27.4. The lowest BCUT2D eigenvalue weighted by atomic mass is 9.92. The number of hydrogen-bond acceptors (Lipinski definition) is 6. The quantitative estimate of drug-likeness (QED) is 0.211. The van der Waals surface area contributed by atoms with Crippen LogP contribution in [0.15, 0.2) is 89.1 Å². The minimum atomic E-state index is -0.518. The Morgan fingerprint density at radius 1 is 0.974 bits per heavy atom. The summed E-state index contributed by atoms with van der Waals surface area (Å²) in [5.41, 5.74) is 3.09. The first-order valence-corrected chi connectivity index (χ1v) is 14.0. The average molecular weight is 546 g/mol. The molecule has 4 aromatic rings. The van der Waals surface area contributed by atoms with Crippen molar-refractivity contribution in [3.8, 4) is 17.0 Å². The highest BCUT2D eigenvalue weighted by molar-refractivity contribution is 8.00. The summed E-state index contributed by atoms with van der Waals surface area (Å²) in [6, 6.07) is 24.9. The molecule has 0 aliphatic rings. The van der Waals surface area contributed by atoms with Gasteiger partial charge in [-0.15, -0.1) is 23.1 Å². The van der Waals surface area contributed by atoms with Gasteiger partial charge in [0.15, 0.2) is 5.13 Å². The van der Waals surface area contributed by atoms with Crippen molar-refractivity contribution < 1.29 is 14.3 Å². The Morgan fingerprint density at radius 3 is 2.45 bits per heavy atom. The number of para-hydroxylation sites is 1. The van der Waals surface area contributed by atoms with Crippen LogP contribution in [0.25, 0.3) is 11.3 Å². The van der Waals surface area contributed by atoms with E-state index in [9.17, 15) is 9.59 Å². The lowest BCUT2D eigenvalue weighted by Gasteiger charge is -2.18. The molecule has 1 aromatic heterocycles. The summed E-state index contributed by atoms with van der Waals surface area (Å²) in [6.07, 6.45) is 0.421. The predicted octanol–water partition coefficient (Wildman–Crippen LogP) is 7.67. The monoisotopic (exact) mass is 545 g/mol. The van der Waals surface area contributed by atoms with Gasteiger partial charge in [0, 0.05) is 27.9 Å². The Balaban J connectivity index is 1.53. The van der Waals surface area contributed by atoms with E-state index in [0.29, 0.717) is 17.2 Å². The molecule has 6 nitrogen and oxygen atoms in total. The molecule has 0 aliphatic heterocycles. The Morgan fingerprint density at radius 2 is 1.71 bits per heavy atom. The topological polar surface area (TPSA) is 80.3 Å². The zero-order valence-corrected chi connectivity index (χ0v) is 23.5. The molecule has 4 rings (SSSR count). The fourth-order valence-corrected chi connectivity index (χ4v) is 5.65. The first-order valence-electron chi connectivity index (χ1n) is 12.2. The number of aromatic nitrogens is 1. The van der Waals surface area contributed by atoms with Gasteiger partial charge in [0.2, 0.25) is 11.8 Å². The highest BCUT2D eigenvalue weighted by Gasteiger charge is 2.24. The summed E-state index contributed by atoms with van der Waals surface area (Å²) in [5, 5.41) is 7.88. The van der Waals surface area contributed by atoms with Crippen molar-refractivity contribution in [3.63, 3.8) is 0 Å². The van der Waals surface area contributed by atoms with Gasteiger partial charge in [0.05, 0.1) is 12.8 Å². The van der Waals surface area contributed by atoms with Crippen molar-refractivity contribution in [1.29, 1.82) is 0 Å². The molecule has 0 fully saturated rings. The molecule has 0 spiro atoms. The summed E-state index contributed by atoms with van der Waals surface area (Å²) in [4.78, 5) is 31.5. The fraction of sp³-hybridized carbons (Fsp3) is 0.233. The lowest BCUT2D eigenvalue weighted by Crippen LogP contribution is -2.20. The van der Waals surface area contributed by atoms with Crippen LogP contribution in [0, 0.1) is 5.41 Å². The van der Waals surface area contributed by atoms with Crippen molar-refractivity contribution >= 4 is 45.7 Å². The minimum absolute atomic E-state index is 0.0355. The zero-order valence-electron chi connectivity index (χ0n) is 21.9. The van der Waals surface area contributed by atoms with Crippen LogP contribution in [0.2, 0.25) is 0 Å². The van der Waals surface area contributed by atoms with E-state index in [4.69, 9.17) is 4.74 Å². The van der Waals surface area contributed by atoms with Crippen molar-refractivity contribution in [1.82, 2.24) is 4.98 Å². The van der Waals surface area contributed by atoms with Crippen LogP contribution in [0.5, 0.6) is 5.75 Å². The molecular formula is C30H31N3O3S2. The second-order valence-corrected chi connectivity index (χ2v) is 12.0. The van der Waals surface area contributed by atoms with Gasteiger partial charge in [-0.25, -0.2) is 4.98 Å². The smallest absolute Gasteiger partial charge is 0.244 e. The van der Waals surface area contributed by atoms with Crippen LogP contribution >= 0.6 is 23.1 Å². The van der Waals surface area contributed by atoms with Gasteiger partial charge < -0.3 is 15.4 Å². The number of amides is 2. The average Bonchev–Trinajstić information content (AvgIpc) is 3.35. The van der Waals surface area contributed by atoms with E-state index in [0.717, 1.165) is 27.5 Å². The van der Waals surface area contributed by atoms with Gasteiger partial charge in [-0.3, -0.25) is 9.59 Å². The molecular weight excluding hydrogens is 514 g/mol. The van der Waals surface area contributed by atoms with Gasteiger partial charge in [0.1, 0.15) is 11.0 Å². The van der Waals surface area contributed by atoms with Crippen molar-refractivity contribution in [2.45, 2.75) is 37.3 Å². The SMILES string of the molecule is COc1ccccc1-c1csc(NC(=O)C(Sc2cccc(NC(=O)CC(C)(C)C)c2)c2ccccc2)n1. The number of anilines is 2. The molecule has 38 heavy (non-hydrogen) atoms. The number of hydrogen-bond donors (Lipinski definition) is 2. The second-order valence-electron chi connectivity index (χ2n) is 9.95. The zero-order chi connectivity index (χ0) is 27.1. The number of thiazole rings is 1. The number of methoxy groups -OCH3 is 1. The van der Waals surface area contributed by atoms with E-state index in [1.54, 1.807) is 7.11 Å². The van der Waals surface area contributed by atoms with Gasteiger partial charge >= 0.3 is 0 Å². The van der Waals surface area contributed by atoms with E-state index in [1.165, 1.54) is 23.1 Å². The number of thioether (sulfide) groups is 1. The summed E-state index contributed by atoms with van der Waals surface area (Å²) in [5.74, 6) is 0.513. The maximum absolute atomic E-state index is 13.5. The van der Waals surface area contributed by atoms with Crippen LogP contribution in [-0.2, 0) is 9.59 Å². The normalized spacial score (nSPS) is 12.0. The Labute approximate surface area is 231 Å². The maximum Gasteiger partial charge on any atom is 0.244 e. The van der Waals surface area contributed by atoms with E-state index in [2.05, 4.69) is 15.6 Å². The molecule has 8 heteroatoms. The van der Waals surface area contributed by atoms with E-state index < -0.39 is 5.25 Å². The van der Waals surface area contributed by atoms with E-state index in [1.807, 2.05) is 105 Å².